The molecule has 0 N–H and O–H groups in total. The van der Waals surface area contributed by atoms with Gasteiger partial charge in [0.25, 0.3) is 0 Å². The van der Waals surface area contributed by atoms with E-state index in [9.17, 15) is 4.79 Å². The molecule has 0 radical (unpaired) electrons. The van der Waals surface area contributed by atoms with Crippen LogP contribution in [-0.4, -0.2) is 29.7 Å². The average molecular weight is 254 g/mol. The van der Waals surface area contributed by atoms with Crippen molar-refractivity contribution in [3.63, 3.8) is 0 Å². The molecular formula is C15H26O3. The number of carbonyl (C=O) groups excluding carboxylic acids is 1. The lowest BCUT2D eigenvalue weighted by atomic mass is 9.77. The smallest absolute Gasteiger partial charge is 0.144 e. The molecular weight excluding hydrogens is 228 g/mol. The van der Waals surface area contributed by atoms with Crippen LogP contribution >= 0.6 is 0 Å². The monoisotopic (exact) mass is 254 g/mol. The average Bonchev–Trinajstić information content (AvgIpc) is 2.78. The zero-order chi connectivity index (χ0) is 13.6. The highest BCUT2D eigenvalue weighted by Crippen LogP contribution is 2.44. The van der Waals surface area contributed by atoms with E-state index in [0.29, 0.717) is 5.78 Å². The third-order valence-corrected chi connectivity index (χ3v) is 4.40. The molecule has 0 bridgehead atoms. The second kappa shape index (κ2) is 4.61. The van der Waals surface area contributed by atoms with Crippen LogP contribution in [0.3, 0.4) is 0 Å². The van der Waals surface area contributed by atoms with E-state index in [4.69, 9.17) is 9.47 Å². The number of ether oxygens (including phenoxy) is 2. The summed E-state index contributed by atoms with van der Waals surface area (Å²) >= 11 is 0. The van der Waals surface area contributed by atoms with Crippen LogP contribution in [-0.2, 0) is 14.3 Å². The molecule has 0 aromatic carbocycles. The first kappa shape index (κ1) is 14.0. The van der Waals surface area contributed by atoms with Crippen molar-refractivity contribution < 1.29 is 14.3 Å². The lowest BCUT2D eigenvalue weighted by Gasteiger charge is -2.28. The van der Waals surface area contributed by atoms with Crippen LogP contribution in [0.2, 0.25) is 0 Å². The van der Waals surface area contributed by atoms with Gasteiger partial charge in [-0.1, -0.05) is 6.92 Å². The number of ketones is 1. The van der Waals surface area contributed by atoms with Crippen LogP contribution in [0.1, 0.15) is 53.9 Å². The van der Waals surface area contributed by atoms with Gasteiger partial charge < -0.3 is 9.47 Å². The van der Waals surface area contributed by atoms with Gasteiger partial charge in [-0.05, 0) is 47.0 Å². The Morgan fingerprint density at radius 1 is 1.28 bits per heavy atom. The standard InChI is InChI=1S/C15H26O3/c1-6-12-10(7-8-17-12)13(16)11-9-14(2,3)18-15(11,4)5/h10-12H,6-9H2,1-5H3. The highest BCUT2D eigenvalue weighted by Gasteiger charge is 2.51. The summed E-state index contributed by atoms with van der Waals surface area (Å²) in [4.78, 5) is 12.8. The molecule has 2 heterocycles. The fraction of sp³-hybridized carbons (Fsp3) is 0.933. The molecule has 0 aliphatic carbocycles. The number of Topliss-reactive ketones (excluding diaryl/α,β-unsaturated/α-hetero) is 1. The van der Waals surface area contributed by atoms with Crippen LogP contribution in [0, 0.1) is 11.8 Å². The molecule has 0 aromatic heterocycles. The Labute approximate surface area is 110 Å². The maximum absolute atomic E-state index is 12.8. The summed E-state index contributed by atoms with van der Waals surface area (Å²) < 4.78 is 11.7. The van der Waals surface area contributed by atoms with E-state index in [1.807, 2.05) is 13.8 Å². The molecule has 3 heteroatoms. The number of carbonyl (C=O) groups is 1. The maximum Gasteiger partial charge on any atom is 0.144 e. The zero-order valence-corrected chi connectivity index (χ0v) is 12.3. The van der Waals surface area contributed by atoms with E-state index < -0.39 is 0 Å². The third-order valence-electron chi connectivity index (χ3n) is 4.40. The van der Waals surface area contributed by atoms with Gasteiger partial charge in [-0.25, -0.2) is 0 Å². The number of hydrogen-bond donors (Lipinski definition) is 0. The van der Waals surface area contributed by atoms with E-state index in [1.165, 1.54) is 0 Å². The van der Waals surface area contributed by atoms with Gasteiger partial charge in [-0.15, -0.1) is 0 Å². The van der Waals surface area contributed by atoms with Gasteiger partial charge in [0.2, 0.25) is 0 Å². The normalized spacial score (nSPS) is 37.9. The van der Waals surface area contributed by atoms with Gasteiger partial charge in [0.1, 0.15) is 5.78 Å². The van der Waals surface area contributed by atoms with Crippen molar-refractivity contribution in [2.24, 2.45) is 11.8 Å². The first-order chi connectivity index (χ1) is 8.27. The zero-order valence-electron chi connectivity index (χ0n) is 12.3. The van der Waals surface area contributed by atoms with Crippen molar-refractivity contribution >= 4 is 5.78 Å². The van der Waals surface area contributed by atoms with Gasteiger partial charge in [0, 0.05) is 18.4 Å². The number of rotatable bonds is 3. The fourth-order valence-corrected chi connectivity index (χ4v) is 3.64. The lowest BCUT2D eigenvalue weighted by Crippen LogP contribution is -2.39. The highest BCUT2D eigenvalue weighted by molar-refractivity contribution is 5.85. The Kier molecular flexibility index (Phi) is 3.58. The summed E-state index contributed by atoms with van der Waals surface area (Å²) in [6.45, 7) is 11.1. The molecule has 3 unspecified atom stereocenters. The quantitative estimate of drug-likeness (QED) is 0.776. The number of hydrogen-bond acceptors (Lipinski definition) is 3. The summed E-state index contributed by atoms with van der Waals surface area (Å²) in [7, 11) is 0. The fourth-order valence-electron chi connectivity index (χ4n) is 3.64. The van der Waals surface area contributed by atoms with Gasteiger partial charge in [0.05, 0.1) is 17.3 Å². The van der Waals surface area contributed by atoms with Gasteiger partial charge in [-0.2, -0.15) is 0 Å². The van der Waals surface area contributed by atoms with Crippen LogP contribution in [0.25, 0.3) is 0 Å². The Morgan fingerprint density at radius 2 is 1.94 bits per heavy atom. The molecule has 0 aromatic rings. The summed E-state index contributed by atoms with van der Waals surface area (Å²) in [5, 5.41) is 0. The van der Waals surface area contributed by atoms with E-state index in [-0.39, 0.29) is 29.1 Å². The minimum Gasteiger partial charge on any atom is -0.377 e. The molecule has 2 fully saturated rings. The molecule has 2 rings (SSSR count). The largest absolute Gasteiger partial charge is 0.377 e. The minimum atomic E-state index is -0.346. The molecule has 18 heavy (non-hydrogen) atoms. The van der Waals surface area contributed by atoms with E-state index in [2.05, 4.69) is 20.8 Å². The van der Waals surface area contributed by atoms with E-state index in [0.717, 1.165) is 25.9 Å². The SMILES string of the molecule is CCC1OCCC1C(=O)C1CC(C)(C)OC1(C)C. The molecule has 2 aliphatic heterocycles. The van der Waals surface area contributed by atoms with Gasteiger partial charge >= 0.3 is 0 Å². The molecule has 3 atom stereocenters. The summed E-state index contributed by atoms with van der Waals surface area (Å²) in [6, 6.07) is 0. The van der Waals surface area contributed by atoms with Crippen LogP contribution < -0.4 is 0 Å². The highest BCUT2D eigenvalue weighted by atomic mass is 16.5. The Balaban J connectivity index is 2.14. The maximum atomic E-state index is 12.8. The molecule has 0 saturated carbocycles. The van der Waals surface area contributed by atoms with Crippen molar-refractivity contribution in [2.75, 3.05) is 6.61 Å². The minimum absolute atomic E-state index is 0.00764. The first-order valence-electron chi connectivity index (χ1n) is 7.12. The van der Waals surface area contributed by atoms with Crippen molar-refractivity contribution in [1.82, 2.24) is 0 Å². The Bertz CT molecular complexity index is 333. The molecule has 0 amide bonds. The Hall–Kier alpha value is -0.410. The van der Waals surface area contributed by atoms with Crippen LogP contribution in [0.15, 0.2) is 0 Å². The summed E-state index contributed by atoms with van der Waals surface area (Å²) in [5.41, 5.74) is -0.535. The first-order valence-corrected chi connectivity index (χ1v) is 7.12. The van der Waals surface area contributed by atoms with Crippen molar-refractivity contribution in [1.29, 1.82) is 0 Å². The van der Waals surface area contributed by atoms with Crippen molar-refractivity contribution in [3.8, 4) is 0 Å². The summed E-state index contributed by atoms with van der Waals surface area (Å²) in [5.74, 6) is 0.444. The molecule has 2 aliphatic rings. The molecule has 2 saturated heterocycles. The lowest BCUT2D eigenvalue weighted by molar-refractivity contribution is -0.135. The Morgan fingerprint density at radius 3 is 2.44 bits per heavy atom. The van der Waals surface area contributed by atoms with Crippen LogP contribution in [0.5, 0.6) is 0 Å². The second-order valence-corrected chi connectivity index (χ2v) is 6.84. The molecule has 0 spiro atoms. The topological polar surface area (TPSA) is 35.5 Å². The predicted octanol–water partition coefficient (Wildman–Crippen LogP) is 2.96. The predicted molar refractivity (Wildman–Crippen MR) is 70.5 cm³/mol. The van der Waals surface area contributed by atoms with Crippen molar-refractivity contribution in [3.05, 3.63) is 0 Å². The van der Waals surface area contributed by atoms with Gasteiger partial charge in [0.15, 0.2) is 0 Å². The second-order valence-electron chi connectivity index (χ2n) is 6.84. The van der Waals surface area contributed by atoms with Crippen LogP contribution in [0.4, 0.5) is 0 Å². The van der Waals surface area contributed by atoms with Gasteiger partial charge in [-0.3, -0.25) is 4.79 Å². The summed E-state index contributed by atoms with van der Waals surface area (Å²) in [6.07, 6.45) is 2.75. The third kappa shape index (κ3) is 2.48. The molecule has 104 valence electrons. The van der Waals surface area contributed by atoms with Crippen molar-refractivity contribution in [2.45, 2.75) is 71.2 Å². The van der Waals surface area contributed by atoms with E-state index in [1.54, 1.807) is 0 Å². The van der Waals surface area contributed by atoms with E-state index >= 15 is 0 Å². The molecule has 3 nitrogen and oxygen atoms in total.